The van der Waals surface area contributed by atoms with Crippen LogP contribution in [0, 0.1) is 0 Å². The first kappa shape index (κ1) is 11.3. The van der Waals surface area contributed by atoms with Crippen LogP contribution < -0.4 is 11.1 Å². The second kappa shape index (κ2) is 4.14. The van der Waals surface area contributed by atoms with E-state index in [1.807, 2.05) is 20.8 Å². The topological polar surface area (TPSA) is 67.6 Å². The Morgan fingerprint density at radius 2 is 2.21 bits per heavy atom. The lowest BCUT2D eigenvalue weighted by molar-refractivity contribution is 0.0197. The van der Waals surface area contributed by atoms with Gasteiger partial charge in [-0.25, -0.2) is 4.79 Å². The Balaban J connectivity index is 2.44. The molecule has 0 aromatic carbocycles. The fraction of sp³-hybridized carbons (Fsp3) is 0.889. The molecule has 0 aromatic rings. The number of piperazine rings is 1. The van der Waals surface area contributed by atoms with E-state index >= 15 is 0 Å². The molecular weight excluding hydrogens is 182 g/mol. The molecule has 3 N–H and O–H groups in total. The molecule has 1 aliphatic rings. The zero-order valence-corrected chi connectivity index (χ0v) is 9.04. The van der Waals surface area contributed by atoms with Crippen molar-refractivity contribution in [3.63, 3.8) is 0 Å². The summed E-state index contributed by atoms with van der Waals surface area (Å²) >= 11 is 0. The van der Waals surface area contributed by atoms with Crippen molar-refractivity contribution in [1.82, 2.24) is 10.2 Å². The summed E-state index contributed by atoms with van der Waals surface area (Å²) in [6.07, 6.45) is -0.425. The fourth-order valence-electron chi connectivity index (χ4n) is 1.27. The first-order valence-electron chi connectivity index (χ1n) is 4.85. The van der Waals surface area contributed by atoms with Crippen molar-refractivity contribution in [2.75, 3.05) is 19.6 Å². The highest BCUT2D eigenvalue weighted by Crippen LogP contribution is 2.10. The van der Waals surface area contributed by atoms with Gasteiger partial charge in [0.1, 0.15) is 5.60 Å². The third-order valence-corrected chi connectivity index (χ3v) is 1.86. The minimum absolute atomic E-state index is 0.142. The van der Waals surface area contributed by atoms with E-state index < -0.39 is 5.60 Å². The molecule has 0 aromatic heterocycles. The van der Waals surface area contributed by atoms with Crippen LogP contribution in [0.3, 0.4) is 0 Å². The van der Waals surface area contributed by atoms with Gasteiger partial charge >= 0.3 is 6.09 Å². The summed E-state index contributed by atoms with van der Waals surface area (Å²) in [5.41, 5.74) is 5.23. The number of carbonyl (C=O) groups excluding carboxylic acids is 1. The molecule has 14 heavy (non-hydrogen) atoms. The highest BCUT2D eigenvalue weighted by atomic mass is 16.6. The van der Waals surface area contributed by atoms with Gasteiger partial charge in [-0.2, -0.15) is 0 Å². The van der Waals surface area contributed by atoms with E-state index in [0.717, 1.165) is 6.54 Å². The van der Waals surface area contributed by atoms with Crippen molar-refractivity contribution >= 4 is 6.09 Å². The van der Waals surface area contributed by atoms with Crippen molar-refractivity contribution in [2.45, 2.75) is 32.5 Å². The molecule has 0 unspecified atom stereocenters. The summed E-state index contributed by atoms with van der Waals surface area (Å²) in [7, 11) is 0. The Bertz CT molecular complexity index is 213. The molecule has 0 radical (unpaired) electrons. The van der Waals surface area contributed by atoms with E-state index in [-0.39, 0.29) is 12.3 Å². The van der Waals surface area contributed by atoms with Gasteiger partial charge in [0, 0.05) is 13.1 Å². The zero-order valence-electron chi connectivity index (χ0n) is 9.04. The smallest absolute Gasteiger partial charge is 0.410 e. The summed E-state index contributed by atoms with van der Waals surface area (Å²) in [5, 5.41) is 3.06. The fourth-order valence-corrected chi connectivity index (χ4v) is 1.27. The maximum atomic E-state index is 11.6. The lowest BCUT2D eigenvalue weighted by atomic mass is 10.2. The Hall–Kier alpha value is -0.810. The van der Waals surface area contributed by atoms with E-state index in [1.54, 1.807) is 4.90 Å². The van der Waals surface area contributed by atoms with Crippen LogP contribution in [0.1, 0.15) is 20.8 Å². The second-order valence-electron chi connectivity index (χ2n) is 4.49. The molecule has 1 atom stereocenters. The number of nitrogens with two attached hydrogens (primary N) is 1. The normalized spacial score (nSPS) is 23.4. The molecular formula is C9H19N3O2. The molecule has 1 aliphatic heterocycles. The Kier molecular flexibility index (Phi) is 3.34. The molecule has 0 spiro atoms. The number of ether oxygens (including phenoxy) is 1. The average Bonchev–Trinajstić information content (AvgIpc) is 2.01. The molecule has 0 saturated carbocycles. The van der Waals surface area contributed by atoms with E-state index in [2.05, 4.69) is 5.32 Å². The number of hydrogen-bond acceptors (Lipinski definition) is 4. The number of carbonyl (C=O) groups is 1. The molecule has 0 bridgehead atoms. The van der Waals surface area contributed by atoms with Gasteiger partial charge in [0.15, 0.2) is 0 Å². The standard InChI is InChI=1S/C9H19N3O2/c1-9(2,3)14-8(13)12-5-4-11-7(10)6-12/h7,11H,4-6,10H2,1-3H3/t7-/m1/s1. The summed E-state index contributed by atoms with van der Waals surface area (Å²) in [5.74, 6) is 0. The lowest BCUT2D eigenvalue weighted by Gasteiger charge is -2.33. The molecule has 1 amide bonds. The van der Waals surface area contributed by atoms with Crippen molar-refractivity contribution in [2.24, 2.45) is 5.73 Å². The third kappa shape index (κ3) is 3.51. The van der Waals surface area contributed by atoms with Crippen molar-refractivity contribution in [3.8, 4) is 0 Å². The molecule has 82 valence electrons. The van der Waals surface area contributed by atoms with Gasteiger partial charge in [-0.1, -0.05) is 0 Å². The predicted octanol–water partition coefficient (Wildman–Crippen LogP) is 0.112. The minimum atomic E-state index is -0.438. The van der Waals surface area contributed by atoms with Gasteiger partial charge in [-0.15, -0.1) is 0 Å². The zero-order chi connectivity index (χ0) is 10.8. The van der Waals surface area contributed by atoms with E-state index in [0.29, 0.717) is 13.1 Å². The number of rotatable bonds is 0. The average molecular weight is 201 g/mol. The Morgan fingerprint density at radius 1 is 1.57 bits per heavy atom. The first-order valence-corrected chi connectivity index (χ1v) is 4.85. The van der Waals surface area contributed by atoms with E-state index in [1.165, 1.54) is 0 Å². The SMILES string of the molecule is CC(C)(C)OC(=O)N1CCN[C@@H](N)C1. The molecule has 1 rings (SSSR count). The number of amides is 1. The van der Waals surface area contributed by atoms with Gasteiger partial charge in [0.05, 0.1) is 12.7 Å². The quantitative estimate of drug-likeness (QED) is 0.584. The van der Waals surface area contributed by atoms with Gasteiger partial charge in [-0.05, 0) is 20.8 Å². The maximum absolute atomic E-state index is 11.6. The van der Waals surface area contributed by atoms with Crippen LogP contribution in [-0.2, 0) is 4.74 Å². The molecule has 1 heterocycles. The lowest BCUT2D eigenvalue weighted by Crippen LogP contribution is -2.57. The number of nitrogens with one attached hydrogen (secondary N) is 1. The van der Waals surface area contributed by atoms with E-state index in [9.17, 15) is 4.79 Å². The van der Waals surface area contributed by atoms with Crippen LogP contribution in [0.15, 0.2) is 0 Å². The third-order valence-electron chi connectivity index (χ3n) is 1.86. The number of hydrogen-bond donors (Lipinski definition) is 2. The minimum Gasteiger partial charge on any atom is -0.444 e. The first-order chi connectivity index (χ1) is 6.38. The summed E-state index contributed by atoms with van der Waals surface area (Å²) in [6, 6.07) is 0. The largest absolute Gasteiger partial charge is 0.444 e. The van der Waals surface area contributed by atoms with Gasteiger partial charge in [0.2, 0.25) is 0 Å². The predicted molar refractivity (Wildman–Crippen MR) is 53.8 cm³/mol. The highest BCUT2D eigenvalue weighted by Gasteiger charge is 2.25. The summed E-state index contributed by atoms with van der Waals surface area (Å²) < 4.78 is 5.23. The van der Waals surface area contributed by atoms with Crippen molar-refractivity contribution < 1.29 is 9.53 Å². The Morgan fingerprint density at radius 3 is 2.71 bits per heavy atom. The molecule has 1 saturated heterocycles. The Labute approximate surface area is 84.6 Å². The van der Waals surface area contributed by atoms with Crippen molar-refractivity contribution in [1.29, 1.82) is 0 Å². The van der Waals surface area contributed by atoms with Crippen LogP contribution >= 0.6 is 0 Å². The second-order valence-corrected chi connectivity index (χ2v) is 4.49. The molecule has 5 nitrogen and oxygen atoms in total. The van der Waals surface area contributed by atoms with Gasteiger partial charge in [-0.3, -0.25) is 5.32 Å². The van der Waals surface area contributed by atoms with Crippen LogP contribution in [0.2, 0.25) is 0 Å². The monoisotopic (exact) mass is 201 g/mol. The van der Waals surface area contributed by atoms with Crippen LogP contribution in [0.4, 0.5) is 4.79 Å². The molecule has 0 aliphatic carbocycles. The van der Waals surface area contributed by atoms with E-state index in [4.69, 9.17) is 10.5 Å². The van der Waals surface area contributed by atoms with Crippen molar-refractivity contribution in [3.05, 3.63) is 0 Å². The van der Waals surface area contributed by atoms with Crippen LogP contribution in [0.5, 0.6) is 0 Å². The molecule has 5 heteroatoms. The van der Waals surface area contributed by atoms with Crippen LogP contribution in [-0.4, -0.2) is 42.4 Å². The summed E-state index contributed by atoms with van der Waals surface area (Å²) in [4.78, 5) is 13.2. The van der Waals surface area contributed by atoms with Gasteiger partial charge in [0.25, 0.3) is 0 Å². The van der Waals surface area contributed by atoms with Gasteiger partial charge < -0.3 is 15.4 Å². The maximum Gasteiger partial charge on any atom is 0.410 e. The highest BCUT2D eigenvalue weighted by molar-refractivity contribution is 5.68. The molecule has 1 fully saturated rings. The van der Waals surface area contributed by atoms with Crippen LogP contribution in [0.25, 0.3) is 0 Å². The summed E-state index contributed by atoms with van der Waals surface area (Å²) in [6.45, 7) is 7.45. The number of nitrogens with zero attached hydrogens (tertiary/aromatic N) is 1.